The van der Waals surface area contributed by atoms with Gasteiger partial charge >= 0.3 is 0 Å². The summed E-state index contributed by atoms with van der Waals surface area (Å²) in [5.41, 5.74) is 0.906. The lowest BCUT2D eigenvalue weighted by atomic mass is 9.97. The van der Waals surface area contributed by atoms with Crippen LogP contribution in [0, 0.1) is 5.92 Å². The number of nitrogens with one attached hydrogen (secondary N) is 1. The summed E-state index contributed by atoms with van der Waals surface area (Å²) in [4.78, 5) is 19.0. The molecule has 0 aliphatic carbocycles. The Kier molecular flexibility index (Phi) is 3.12. The molecule has 21 heavy (non-hydrogen) atoms. The van der Waals surface area contributed by atoms with Crippen LogP contribution in [0.15, 0.2) is 22.8 Å². The van der Waals surface area contributed by atoms with Crippen molar-refractivity contribution in [3.63, 3.8) is 0 Å². The van der Waals surface area contributed by atoms with Gasteiger partial charge in [-0.05, 0) is 31.4 Å². The van der Waals surface area contributed by atoms with Crippen LogP contribution in [0.3, 0.4) is 0 Å². The van der Waals surface area contributed by atoms with Crippen LogP contribution in [-0.2, 0) is 0 Å². The largest absolute Gasteiger partial charge is 0.464 e. The third-order valence-electron chi connectivity index (χ3n) is 4.44. The zero-order valence-electron chi connectivity index (χ0n) is 11.5. The van der Waals surface area contributed by atoms with Gasteiger partial charge in [-0.2, -0.15) is 0 Å². The Bertz CT molecular complexity index is 687. The number of fused-ring (bicyclic) bond motifs is 3. The summed E-state index contributed by atoms with van der Waals surface area (Å²) in [5.74, 6) is 0.538. The molecule has 2 bridgehead atoms. The van der Waals surface area contributed by atoms with Crippen LogP contribution >= 0.6 is 11.6 Å². The van der Waals surface area contributed by atoms with Crippen molar-refractivity contribution >= 4 is 28.5 Å². The minimum atomic E-state index is -0.178. The minimum Gasteiger partial charge on any atom is -0.464 e. The lowest BCUT2D eigenvalue weighted by molar-refractivity contribution is 0.0904. The molecule has 0 aromatic carbocycles. The Morgan fingerprint density at radius 3 is 3.24 bits per heavy atom. The normalized spacial score (nSPS) is 28.0. The van der Waals surface area contributed by atoms with Gasteiger partial charge in [0.2, 0.25) is 0 Å². The van der Waals surface area contributed by atoms with Crippen molar-refractivity contribution in [3.05, 3.63) is 29.2 Å². The van der Waals surface area contributed by atoms with Gasteiger partial charge in [-0.25, -0.2) is 4.98 Å². The van der Waals surface area contributed by atoms with Crippen molar-refractivity contribution in [1.82, 2.24) is 15.2 Å². The molecule has 110 valence electrons. The third-order valence-corrected chi connectivity index (χ3v) is 4.73. The van der Waals surface area contributed by atoms with E-state index in [1.807, 2.05) is 0 Å². The molecule has 2 aromatic rings. The maximum absolute atomic E-state index is 12.4. The molecular formula is C15H16ClN3O2. The van der Waals surface area contributed by atoms with Gasteiger partial charge in [-0.3, -0.25) is 4.79 Å². The smallest absolute Gasteiger partial charge is 0.270 e. The van der Waals surface area contributed by atoms with E-state index in [9.17, 15) is 4.79 Å². The summed E-state index contributed by atoms with van der Waals surface area (Å²) in [6, 6.07) is 3.60. The number of hydrogen-bond donors (Lipinski definition) is 1. The second kappa shape index (κ2) is 5.00. The quantitative estimate of drug-likeness (QED) is 0.865. The number of amides is 1. The molecule has 0 saturated carbocycles. The van der Waals surface area contributed by atoms with Crippen molar-refractivity contribution in [2.75, 3.05) is 19.6 Å². The molecule has 1 N–H and O–H groups in total. The molecule has 2 aromatic heterocycles. The van der Waals surface area contributed by atoms with Crippen LogP contribution in [0.4, 0.5) is 0 Å². The number of rotatable bonds is 2. The fraction of sp³-hybridized carbons (Fsp3) is 0.467. The van der Waals surface area contributed by atoms with Crippen molar-refractivity contribution in [2.45, 2.75) is 18.9 Å². The molecule has 2 saturated heterocycles. The molecular weight excluding hydrogens is 290 g/mol. The van der Waals surface area contributed by atoms with E-state index in [1.54, 1.807) is 18.4 Å². The first-order chi connectivity index (χ1) is 10.2. The Morgan fingerprint density at radius 1 is 1.48 bits per heavy atom. The fourth-order valence-corrected chi connectivity index (χ4v) is 3.71. The molecule has 0 radical (unpaired) electrons. The van der Waals surface area contributed by atoms with Crippen LogP contribution < -0.4 is 5.32 Å². The summed E-state index contributed by atoms with van der Waals surface area (Å²) < 4.78 is 5.31. The van der Waals surface area contributed by atoms with Gasteiger partial charge in [-0.15, -0.1) is 0 Å². The lowest BCUT2D eigenvalue weighted by Gasteiger charge is -2.30. The van der Waals surface area contributed by atoms with Crippen LogP contribution in [0.25, 0.3) is 11.0 Å². The third kappa shape index (κ3) is 2.40. The summed E-state index contributed by atoms with van der Waals surface area (Å²) in [6.45, 7) is 3.26. The minimum absolute atomic E-state index is 0.178. The van der Waals surface area contributed by atoms with Gasteiger partial charge in [-0.1, -0.05) is 11.6 Å². The predicted octanol–water partition coefficient (Wildman–Crippen LogP) is 2.31. The van der Waals surface area contributed by atoms with Crippen LogP contribution in [0.2, 0.25) is 5.15 Å². The second-order valence-corrected chi connectivity index (χ2v) is 6.31. The van der Waals surface area contributed by atoms with Crippen molar-refractivity contribution in [2.24, 2.45) is 5.92 Å². The molecule has 0 spiro atoms. The Hall–Kier alpha value is -1.59. The molecule has 4 heterocycles. The van der Waals surface area contributed by atoms with E-state index in [0.29, 0.717) is 22.3 Å². The van der Waals surface area contributed by atoms with E-state index in [1.165, 1.54) is 13.0 Å². The fourth-order valence-electron chi connectivity index (χ4n) is 3.47. The highest BCUT2D eigenvalue weighted by atomic mass is 35.5. The van der Waals surface area contributed by atoms with Crippen LogP contribution in [0.1, 0.15) is 23.3 Å². The van der Waals surface area contributed by atoms with Gasteiger partial charge in [0, 0.05) is 25.2 Å². The molecule has 2 aliphatic heterocycles. The zero-order chi connectivity index (χ0) is 14.4. The standard InChI is InChI=1S/C15H16ClN3O2/c16-14-11-2-4-21-13(11)6-12(18-14)15(20)17-10-5-9-1-3-19(7-9)8-10/h2,4,6,9-10H,1,3,5,7-8H2,(H,17,20)/t9-,10+/m0/s1. The second-order valence-electron chi connectivity index (χ2n) is 5.95. The average Bonchev–Trinajstić information content (AvgIpc) is 3.05. The molecule has 4 rings (SSSR count). The highest BCUT2D eigenvalue weighted by Gasteiger charge is 2.33. The highest BCUT2D eigenvalue weighted by molar-refractivity contribution is 6.34. The molecule has 1 unspecified atom stereocenters. The molecule has 1 amide bonds. The number of carbonyl (C=O) groups is 1. The van der Waals surface area contributed by atoms with Gasteiger partial charge in [0.05, 0.1) is 11.6 Å². The Morgan fingerprint density at radius 2 is 2.38 bits per heavy atom. The van der Waals surface area contributed by atoms with Gasteiger partial charge in [0.25, 0.3) is 5.91 Å². The zero-order valence-corrected chi connectivity index (χ0v) is 12.3. The topological polar surface area (TPSA) is 58.4 Å². The monoisotopic (exact) mass is 305 g/mol. The highest BCUT2D eigenvalue weighted by Crippen LogP contribution is 2.27. The van der Waals surface area contributed by atoms with Gasteiger partial charge < -0.3 is 14.6 Å². The lowest BCUT2D eigenvalue weighted by Crippen LogP contribution is -2.47. The van der Waals surface area contributed by atoms with Crippen LogP contribution in [-0.4, -0.2) is 41.5 Å². The number of furan rings is 1. The number of hydrogen-bond acceptors (Lipinski definition) is 4. The SMILES string of the molecule is O=C(N[C@@H]1C[C@@H]2CCN(C2)C1)c1cc2occc2c(Cl)n1. The number of pyridine rings is 1. The van der Waals surface area contributed by atoms with Crippen molar-refractivity contribution < 1.29 is 9.21 Å². The van der Waals surface area contributed by atoms with E-state index >= 15 is 0 Å². The first kappa shape index (κ1) is 13.1. The van der Waals surface area contributed by atoms with E-state index in [0.717, 1.165) is 24.9 Å². The van der Waals surface area contributed by atoms with Gasteiger partial charge in [0.1, 0.15) is 16.4 Å². The molecule has 6 heteroatoms. The maximum Gasteiger partial charge on any atom is 0.270 e. The first-order valence-electron chi connectivity index (χ1n) is 7.26. The number of nitrogens with zero attached hydrogens (tertiary/aromatic N) is 2. The van der Waals surface area contributed by atoms with E-state index in [-0.39, 0.29) is 11.9 Å². The summed E-state index contributed by atoms with van der Waals surface area (Å²) in [6.07, 6.45) is 3.85. The Labute approximate surface area is 127 Å². The van der Waals surface area contributed by atoms with Crippen LogP contribution in [0.5, 0.6) is 0 Å². The Balaban J connectivity index is 1.53. The summed E-state index contributed by atoms with van der Waals surface area (Å²) >= 11 is 6.09. The molecule has 2 fully saturated rings. The number of halogens is 1. The average molecular weight is 306 g/mol. The number of carbonyl (C=O) groups excluding carboxylic acids is 1. The van der Waals surface area contributed by atoms with Crippen molar-refractivity contribution in [3.8, 4) is 0 Å². The predicted molar refractivity (Wildman–Crippen MR) is 79.4 cm³/mol. The molecule has 5 nitrogen and oxygen atoms in total. The summed E-state index contributed by atoms with van der Waals surface area (Å²) in [5, 5.41) is 4.11. The maximum atomic E-state index is 12.4. The number of aromatic nitrogens is 1. The van der Waals surface area contributed by atoms with E-state index < -0.39 is 0 Å². The summed E-state index contributed by atoms with van der Waals surface area (Å²) in [7, 11) is 0. The number of piperidine rings is 1. The van der Waals surface area contributed by atoms with E-state index in [4.69, 9.17) is 16.0 Å². The first-order valence-corrected chi connectivity index (χ1v) is 7.64. The van der Waals surface area contributed by atoms with Crippen molar-refractivity contribution in [1.29, 1.82) is 0 Å². The molecule has 3 atom stereocenters. The van der Waals surface area contributed by atoms with E-state index in [2.05, 4.69) is 15.2 Å². The van der Waals surface area contributed by atoms with Gasteiger partial charge in [0.15, 0.2) is 0 Å². The molecule has 2 aliphatic rings.